The number of rotatable bonds is 6. The number of nitrogens with one attached hydrogen (secondary N) is 1. The van der Waals surface area contributed by atoms with Crippen molar-refractivity contribution in [3.63, 3.8) is 0 Å². The average molecular weight is 370 g/mol. The zero-order chi connectivity index (χ0) is 17.9. The van der Waals surface area contributed by atoms with Crippen LogP contribution in [-0.2, 0) is 20.1 Å². The maximum atomic E-state index is 12.2. The van der Waals surface area contributed by atoms with Gasteiger partial charge in [-0.2, -0.15) is 10.2 Å². The maximum absolute atomic E-state index is 12.2. The normalized spacial score (nSPS) is 17.2. The highest BCUT2D eigenvalue weighted by molar-refractivity contribution is 7.09. The van der Waals surface area contributed by atoms with E-state index in [0.29, 0.717) is 12.2 Å². The van der Waals surface area contributed by atoms with Crippen LogP contribution >= 0.6 is 11.3 Å². The van der Waals surface area contributed by atoms with E-state index in [1.807, 2.05) is 6.20 Å². The van der Waals surface area contributed by atoms with Crippen LogP contribution < -0.4 is 5.32 Å². The van der Waals surface area contributed by atoms with Crippen LogP contribution in [0.15, 0.2) is 42.0 Å². The molecule has 0 fully saturated rings. The van der Waals surface area contributed by atoms with Crippen molar-refractivity contribution < 1.29 is 4.79 Å². The Hall–Kier alpha value is -2.45. The van der Waals surface area contributed by atoms with Crippen LogP contribution in [0.25, 0.3) is 0 Å². The molecule has 0 radical (unpaired) electrons. The molecule has 0 aromatic carbocycles. The van der Waals surface area contributed by atoms with Crippen LogP contribution in [0.2, 0.25) is 0 Å². The molecule has 1 atom stereocenters. The number of carbonyl (C=O) groups excluding carboxylic acids is 1. The third-order valence-corrected chi connectivity index (χ3v) is 5.59. The van der Waals surface area contributed by atoms with E-state index in [-0.39, 0.29) is 11.9 Å². The summed E-state index contributed by atoms with van der Waals surface area (Å²) in [7, 11) is 1.77. The Morgan fingerprint density at radius 2 is 2.19 bits per heavy atom. The summed E-state index contributed by atoms with van der Waals surface area (Å²) in [5.41, 5.74) is 1.81. The van der Waals surface area contributed by atoms with Crippen molar-refractivity contribution in [1.29, 1.82) is 0 Å². The standard InChI is InChI=1S/C18H22N6OS/c1-22-17(6-9-20-22)18(25)19-7-4-14-11-23(13-16-3-2-10-26-16)12-15-5-8-21-24(14)15/h2-3,5-6,8-10,14H,4,7,11-13H2,1H3,(H,19,25). The lowest BCUT2D eigenvalue weighted by atomic mass is 10.1. The molecular formula is C18H22N6OS. The summed E-state index contributed by atoms with van der Waals surface area (Å²) < 4.78 is 3.70. The van der Waals surface area contributed by atoms with Crippen LogP contribution in [0.3, 0.4) is 0 Å². The number of carbonyl (C=O) groups is 1. The number of fused-ring (bicyclic) bond motifs is 1. The van der Waals surface area contributed by atoms with Crippen molar-refractivity contribution in [1.82, 2.24) is 29.8 Å². The Bertz CT molecular complexity index is 868. The van der Waals surface area contributed by atoms with Gasteiger partial charge in [-0.1, -0.05) is 6.07 Å². The topological polar surface area (TPSA) is 68.0 Å². The quantitative estimate of drug-likeness (QED) is 0.721. The lowest BCUT2D eigenvalue weighted by Gasteiger charge is -2.33. The fourth-order valence-electron chi connectivity index (χ4n) is 3.46. The zero-order valence-electron chi connectivity index (χ0n) is 14.7. The van der Waals surface area contributed by atoms with Gasteiger partial charge in [-0.25, -0.2) is 0 Å². The molecule has 0 aliphatic carbocycles. The van der Waals surface area contributed by atoms with Crippen molar-refractivity contribution in [2.24, 2.45) is 7.05 Å². The van der Waals surface area contributed by atoms with Crippen LogP contribution in [0, 0.1) is 0 Å². The fourth-order valence-corrected chi connectivity index (χ4v) is 4.21. The molecule has 7 nitrogen and oxygen atoms in total. The highest BCUT2D eigenvalue weighted by Gasteiger charge is 2.25. The average Bonchev–Trinajstić information content (AvgIpc) is 3.36. The first-order valence-electron chi connectivity index (χ1n) is 8.74. The van der Waals surface area contributed by atoms with Gasteiger partial charge in [0.05, 0.1) is 11.7 Å². The van der Waals surface area contributed by atoms with Crippen LogP contribution in [0.5, 0.6) is 0 Å². The Balaban J connectivity index is 1.37. The summed E-state index contributed by atoms with van der Waals surface area (Å²) in [6.45, 7) is 3.42. The van der Waals surface area contributed by atoms with Gasteiger partial charge in [0, 0.05) is 50.5 Å². The van der Waals surface area contributed by atoms with Crippen LogP contribution in [0.1, 0.15) is 33.5 Å². The summed E-state index contributed by atoms with van der Waals surface area (Å²) in [6, 6.07) is 8.35. The van der Waals surface area contributed by atoms with Crippen molar-refractivity contribution in [2.45, 2.75) is 25.6 Å². The first kappa shape index (κ1) is 17.0. The lowest BCUT2D eigenvalue weighted by Crippen LogP contribution is -2.39. The molecule has 0 saturated heterocycles. The lowest BCUT2D eigenvalue weighted by molar-refractivity contribution is 0.0937. The van der Waals surface area contributed by atoms with E-state index in [1.165, 1.54) is 10.6 Å². The summed E-state index contributed by atoms with van der Waals surface area (Å²) in [4.78, 5) is 16.1. The van der Waals surface area contributed by atoms with Crippen LogP contribution in [-0.4, -0.2) is 43.5 Å². The van der Waals surface area contributed by atoms with Gasteiger partial charge in [0.15, 0.2) is 0 Å². The minimum atomic E-state index is -0.0862. The fraction of sp³-hybridized carbons (Fsp3) is 0.389. The summed E-state index contributed by atoms with van der Waals surface area (Å²) in [6.07, 6.45) is 4.35. The van der Waals surface area contributed by atoms with Gasteiger partial charge in [-0.05, 0) is 30.0 Å². The molecule has 3 aromatic rings. The summed E-state index contributed by atoms with van der Waals surface area (Å²) in [5.74, 6) is -0.0862. The summed E-state index contributed by atoms with van der Waals surface area (Å²) in [5, 5.41) is 13.7. The monoisotopic (exact) mass is 370 g/mol. The molecule has 4 rings (SSSR count). The van der Waals surface area contributed by atoms with Gasteiger partial charge in [-0.15, -0.1) is 11.3 Å². The SMILES string of the molecule is Cn1nccc1C(=O)NCCC1CN(Cc2cccs2)Cc2ccnn21. The van der Waals surface area contributed by atoms with Gasteiger partial charge >= 0.3 is 0 Å². The predicted molar refractivity (Wildman–Crippen MR) is 99.9 cm³/mol. The number of hydrogen-bond donors (Lipinski definition) is 1. The molecule has 1 N–H and O–H groups in total. The van der Waals surface area contributed by atoms with E-state index >= 15 is 0 Å². The van der Waals surface area contributed by atoms with Crippen molar-refractivity contribution >= 4 is 17.2 Å². The number of aryl methyl sites for hydroxylation is 1. The smallest absolute Gasteiger partial charge is 0.269 e. The molecule has 3 aromatic heterocycles. The highest BCUT2D eigenvalue weighted by Crippen LogP contribution is 2.25. The molecule has 26 heavy (non-hydrogen) atoms. The molecule has 1 aliphatic heterocycles. The second-order valence-corrected chi connectivity index (χ2v) is 7.59. The number of nitrogens with zero attached hydrogens (tertiary/aromatic N) is 5. The maximum Gasteiger partial charge on any atom is 0.269 e. The van der Waals surface area contributed by atoms with Gasteiger partial charge in [0.1, 0.15) is 5.69 Å². The van der Waals surface area contributed by atoms with Gasteiger partial charge in [0.25, 0.3) is 5.91 Å². The molecule has 1 aliphatic rings. The molecule has 0 bridgehead atoms. The molecular weight excluding hydrogens is 348 g/mol. The molecule has 136 valence electrons. The van der Waals surface area contributed by atoms with E-state index in [1.54, 1.807) is 35.3 Å². The molecule has 0 spiro atoms. The Kier molecular flexibility index (Phi) is 4.85. The third kappa shape index (κ3) is 3.56. The van der Waals surface area contributed by atoms with E-state index in [4.69, 9.17) is 0 Å². The predicted octanol–water partition coefficient (Wildman–Crippen LogP) is 2.06. The van der Waals surface area contributed by atoms with Gasteiger partial charge in [-0.3, -0.25) is 19.1 Å². The Labute approximate surface area is 156 Å². The molecule has 1 unspecified atom stereocenters. The van der Waals surface area contributed by atoms with Crippen molar-refractivity contribution in [3.05, 3.63) is 58.3 Å². The number of hydrogen-bond acceptors (Lipinski definition) is 5. The number of aromatic nitrogens is 4. The number of amides is 1. The highest BCUT2D eigenvalue weighted by atomic mass is 32.1. The second kappa shape index (κ2) is 7.43. The minimum absolute atomic E-state index is 0.0862. The van der Waals surface area contributed by atoms with E-state index in [2.05, 4.69) is 48.7 Å². The van der Waals surface area contributed by atoms with Crippen molar-refractivity contribution in [2.75, 3.05) is 13.1 Å². The molecule has 4 heterocycles. The zero-order valence-corrected chi connectivity index (χ0v) is 15.5. The summed E-state index contributed by atoms with van der Waals surface area (Å²) >= 11 is 1.79. The van der Waals surface area contributed by atoms with Crippen LogP contribution in [0.4, 0.5) is 0 Å². The Morgan fingerprint density at radius 3 is 2.96 bits per heavy atom. The molecule has 1 amide bonds. The second-order valence-electron chi connectivity index (χ2n) is 6.55. The van der Waals surface area contributed by atoms with Gasteiger partial charge < -0.3 is 5.32 Å². The number of thiophene rings is 1. The minimum Gasteiger partial charge on any atom is -0.351 e. The molecule has 8 heteroatoms. The Morgan fingerprint density at radius 1 is 1.31 bits per heavy atom. The first-order valence-corrected chi connectivity index (χ1v) is 9.62. The first-order chi connectivity index (χ1) is 12.7. The van der Waals surface area contributed by atoms with Crippen molar-refractivity contribution in [3.8, 4) is 0 Å². The van der Waals surface area contributed by atoms with Gasteiger partial charge in [0.2, 0.25) is 0 Å². The largest absolute Gasteiger partial charge is 0.351 e. The van der Waals surface area contributed by atoms with E-state index in [0.717, 1.165) is 26.1 Å². The van der Waals surface area contributed by atoms with E-state index < -0.39 is 0 Å². The molecule has 0 saturated carbocycles. The van der Waals surface area contributed by atoms with E-state index in [9.17, 15) is 4.79 Å². The third-order valence-electron chi connectivity index (χ3n) is 4.73.